The molecule has 5 atom stereocenters. The van der Waals surface area contributed by atoms with Crippen molar-refractivity contribution in [3.63, 3.8) is 0 Å². The summed E-state index contributed by atoms with van der Waals surface area (Å²) in [7, 11) is 1.67. The molecule has 1 saturated carbocycles. The third-order valence-electron chi connectivity index (χ3n) is 13.8. The van der Waals surface area contributed by atoms with Gasteiger partial charge in [0.15, 0.2) is 5.82 Å². The first-order chi connectivity index (χ1) is 31.3. The van der Waals surface area contributed by atoms with Crippen molar-refractivity contribution < 1.29 is 37.0 Å². The van der Waals surface area contributed by atoms with Gasteiger partial charge in [-0.3, -0.25) is 38.7 Å². The Labute approximate surface area is 372 Å². The summed E-state index contributed by atoms with van der Waals surface area (Å²) in [6.07, 6.45) is 3.82. The van der Waals surface area contributed by atoms with E-state index in [4.69, 9.17) is 20.9 Å². The van der Waals surface area contributed by atoms with E-state index in [0.29, 0.717) is 74.8 Å². The van der Waals surface area contributed by atoms with Crippen LogP contribution < -0.4 is 37.6 Å². The maximum atomic E-state index is 15.6. The number of fused-ring (bicyclic) bond motifs is 3. The predicted octanol–water partition coefficient (Wildman–Crippen LogP) is 1.88. The molecule has 1 unspecified atom stereocenters. The second-order valence-corrected chi connectivity index (χ2v) is 18.0. The van der Waals surface area contributed by atoms with Crippen LogP contribution in [0.25, 0.3) is 16.6 Å². The molecule has 6 aliphatic rings. The van der Waals surface area contributed by atoms with Crippen molar-refractivity contribution in [3.8, 4) is 0 Å². The summed E-state index contributed by atoms with van der Waals surface area (Å²) in [5.74, 6) is -0.668. The van der Waals surface area contributed by atoms with Gasteiger partial charge < -0.3 is 36.1 Å². The van der Waals surface area contributed by atoms with Crippen LogP contribution in [-0.4, -0.2) is 137 Å². The predicted molar refractivity (Wildman–Crippen MR) is 235 cm³/mol. The Kier molecular flexibility index (Phi) is 12.7. The molecule has 3 amide bonds. The maximum Gasteiger partial charge on any atom is 0.329 e. The molecule has 6 fully saturated rings. The molecule has 7 heterocycles. The van der Waals surface area contributed by atoms with E-state index in [2.05, 4.69) is 40.3 Å². The standard InChI is InChI=1S/C44H55F3N12O6/c1-55-39-32(3-2-4-33(39)59(44(55)63)34-9-10-37(60)54-43(34)62)57-19-28(20-57)65-35-12-14-56(22-30(35)45)18-24-5-7-25(8-6-24)51-17-31(38(49)40(46)47)52-42(61)29(16-48)41-50-13-11-36(53-41)58-21-27-15-26(58)23-64-27/h2-4,11,13,16-17,24-28,30,34-35,40H,5-10,12,14-15,18-23,48-49H2,1H3,(H,52,61)(H,54,60,62)/t24?,25?,26-,27-,30+,34?,35-/m1/s1. The number of carbonyl (C=O) groups excluding carboxylic acids is 3. The summed E-state index contributed by atoms with van der Waals surface area (Å²) in [5.41, 5.74) is 12.1. The SMILES string of the molecule is Cn1c(=O)n(C2CCC(=O)NC2=O)c2cccc(N3CC(O[C@@H]4CCN(CC5CCC(N=CC(NC(=O)C(=CN)c6nccc(N7C[C@H]8C[C@@H]7CO8)n6)=C(N)C(F)F)CC5)C[C@@H]4F)C3)c21. The lowest BCUT2D eigenvalue weighted by atomic mass is 9.85. The summed E-state index contributed by atoms with van der Waals surface area (Å²) in [6.45, 7) is 3.99. The number of benzene rings is 1. The number of halogens is 3. The van der Waals surface area contributed by atoms with Crippen LogP contribution in [0.15, 0.2) is 57.8 Å². The lowest BCUT2D eigenvalue weighted by Gasteiger charge is -2.44. The van der Waals surface area contributed by atoms with E-state index in [0.717, 1.165) is 37.7 Å². The summed E-state index contributed by atoms with van der Waals surface area (Å²) in [6, 6.07) is 6.52. The first-order valence-corrected chi connectivity index (χ1v) is 22.4. The second kappa shape index (κ2) is 18.6. The minimum Gasteiger partial charge on any atom is -0.404 e. The fraction of sp³-hybridized carbons (Fsp3) is 0.568. The van der Waals surface area contributed by atoms with E-state index in [1.54, 1.807) is 19.2 Å². The number of piperidine rings is 2. The number of imide groups is 1. The number of rotatable bonds is 13. The molecule has 21 heteroatoms. The maximum absolute atomic E-state index is 15.6. The molecule has 0 radical (unpaired) electrons. The Bertz CT molecular complexity index is 2460. The highest BCUT2D eigenvalue weighted by molar-refractivity contribution is 6.19. The number of morpholine rings is 1. The topological polar surface area (TPSA) is 221 Å². The molecule has 1 aliphatic carbocycles. The Balaban J connectivity index is 0.736. The van der Waals surface area contributed by atoms with Crippen molar-refractivity contribution in [2.24, 2.45) is 29.4 Å². The van der Waals surface area contributed by atoms with Gasteiger partial charge in [-0.1, -0.05) is 6.07 Å². The molecule has 9 rings (SSSR count). The molecule has 0 spiro atoms. The number of likely N-dealkylation sites (tertiary alicyclic amines) is 1. The molecule has 18 nitrogen and oxygen atoms in total. The van der Waals surface area contributed by atoms with Gasteiger partial charge in [-0.25, -0.2) is 27.9 Å². The lowest BCUT2D eigenvalue weighted by molar-refractivity contribution is -0.135. The van der Waals surface area contributed by atoms with Crippen LogP contribution in [0.5, 0.6) is 0 Å². The number of aryl methyl sites for hydroxylation is 1. The Morgan fingerprint density at radius 2 is 1.89 bits per heavy atom. The zero-order chi connectivity index (χ0) is 45.5. The van der Waals surface area contributed by atoms with Gasteiger partial charge in [0.05, 0.1) is 65.0 Å². The van der Waals surface area contributed by atoms with Crippen LogP contribution in [-0.2, 0) is 30.9 Å². The van der Waals surface area contributed by atoms with Crippen molar-refractivity contribution in [2.75, 3.05) is 55.7 Å². The fourth-order valence-corrected chi connectivity index (χ4v) is 10.2. The van der Waals surface area contributed by atoms with Crippen LogP contribution in [0, 0.1) is 5.92 Å². The average Bonchev–Trinajstić information content (AvgIpc) is 3.99. The van der Waals surface area contributed by atoms with Gasteiger partial charge in [0.2, 0.25) is 11.8 Å². The summed E-state index contributed by atoms with van der Waals surface area (Å²) in [5, 5.41) is 4.81. The van der Waals surface area contributed by atoms with E-state index in [1.807, 2.05) is 12.1 Å². The number of imidazole rings is 1. The number of amides is 3. The van der Waals surface area contributed by atoms with Crippen molar-refractivity contribution >= 4 is 52.0 Å². The van der Waals surface area contributed by atoms with Crippen molar-refractivity contribution in [1.82, 2.24) is 34.6 Å². The number of allylic oxidation sites excluding steroid dienone is 2. The molecular formula is C44H55F3N12O6. The Morgan fingerprint density at radius 3 is 2.58 bits per heavy atom. The number of hydrogen-bond donors (Lipinski definition) is 4. The van der Waals surface area contributed by atoms with Crippen LogP contribution in [0.3, 0.4) is 0 Å². The van der Waals surface area contributed by atoms with Gasteiger partial charge >= 0.3 is 5.69 Å². The molecule has 65 heavy (non-hydrogen) atoms. The number of anilines is 2. The molecule has 1 aromatic carbocycles. The minimum absolute atomic E-state index is 0.0428. The lowest BCUT2D eigenvalue weighted by Crippen LogP contribution is -2.56. The Morgan fingerprint density at radius 1 is 1.09 bits per heavy atom. The quantitative estimate of drug-likeness (QED) is 0.110. The van der Waals surface area contributed by atoms with Gasteiger partial charge in [0, 0.05) is 71.3 Å². The average molecular weight is 905 g/mol. The molecule has 348 valence electrons. The second-order valence-electron chi connectivity index (χ2n) is 18.0. The highest BCUT2D eigenvalue weighted by Gasteiger charge is 2.41. The number of aromatic nitrogens is 4. The number of aliphatic imine (C=N–C) groups is 1. The molecule has 5 aliphatic heterocycles. The van der Waals surface area contributed by atoms with Crippen molar-refractivity contribution in [2.45, 2.75) is 100 Å². The number of carbonyl (C=O) groups is 3. The van der Waals surface area contributed by atoms with E-state index in [-0.39, 0.29) is 72.4 Å². The minimum atomic E-state index is -3.05. The molecular weight excluding hydrogens is 850 g/mol. The van der Waals surface area contributed by atoms with Gasteiger partial charge in [-0.15, -0.1) is 0 Å². The molecule has 2 bridgehead atoms. The normalized spacial score (nSPS) is 28.3. The largest absolute Gasteiger partial charge is 0.404 e. The zero-order valence-electron chi connectivity index (χ0n) is 36.2. The van der Waals surface area contributed by atoms with Crippen molar-refractivity contribution in [3.05, 3.63) is 64.4 Å². The van der Waals surface area contributed by atoms with Crippen LogP contribution in [0.2, 0.25) is 0 Å². The number of para-hydroxylation sites is 1. The molecule has 6 N–H and O–H groups in total. The van der Waals surface area contributed by atoms with E-state index in [1.165, 1.54) is 21.5 Å². The summed E-state index contributed by atoms with van der Waals surface area (Å²) < 4.78 is 58.4. The number of hydrogen-bond acceptors (Lipinski definition) is 14. The molecule has 5 saturated heterocycles. The monoisotopic (exact) mass is 904 g/mol. The first kappa shape index (κ1) is 44.4. The number of nitrogens with one attached hydrogen (secondary N) is 2. The van der Waals surface area contributed by atoms with Gasteiger partial charge in [-0.05, 0) is 69.1 Å². The molecule has 3 aromatic rings. The van der Waals surface area contributed by atoms with Crippen LogP contribution >= 0.6 is 0 Å². The van der Waals surface area contributed by atoms with Crippen LogP contribution in [0.1, 0.15) is 63.2 Å². The van der Waals surface area contributed by atoms with Gasteiger partial charge in [-0.2, -0.15) is 0 Å². The fourth-order valence-electron chi connectivity index (χ4n) is 10.2. The highest BCUT2D eigenvalue weighted by atomic mass is 19.3. The van der Waals surface area contributed by atoms with E-state index < -0.39 is 42.3 Å². The highest BCUT2D eigenvalue weighted by Crippen LogP contribution is 2.35. The third kappa shape index (κ3) is 9.09. The van der Waals surface area contributed by atoms with Gasteiger partial charge in [0.1, 0.15) is 23.7 Å². The van der Waals surface area contributed by atoms with Gasteiger partial charge in [0.25, 0.3) is 12.3 Å². The first-order valence-electron chi connectivity index (χ1n) is 22.4. The number of nitrogens with zero attached hydrogens (tertiary/aromatic N) is 8. The van der Waals surface area contributed by atoms with E-state index in [9.17, 15) is 28.0 Å². The molecule has 2 aromatic heterocycles. The summed E-state index contributed by atoms with van der Waals surface area (Å²) >= 11 is 0. The zero-order valence-corrected chi connectivity index (χ0v) is 36.2. The summed E-state index contributed by atoms with van der Waals surface area (Å²) in [4.78, 5) is 70.9. The Hall–Kier alpha value is -5.80. The smallest absolute Gasteiger partial charge is 0.329 e. The van der Waals surface area contributed by atoms with Crippen LogP contribution in [0.4, 0.5) is 24.7 Å². The number of nitrogens with two attached hydrogens (primary N) is 2. The van der Waals surface area contributed by atoms with Crippen molar-refractivity contribution in [1.29, 1.82) is 0 Å². The number of alkyl halides is 3. The van der Waals surface area contributed by atoms with E-state index >= 15 is 4.39 Å². The third-order valence-corrected chi connectivity index (χ3v) is 13.8. The number of ether oxygens (including phenoxy) is 2.